The Morgan fingerprint density at radius 1 is 0.208 bits per heavy atom. The second-order valence-corrected chi connectivity index (χ2v) is 35.2. The topological polar surface area (TPSA) is 245 Å². The molecule has 18 nitrogen and oxygen atoms in total. The lowest BCUT2D eigenvalue weighted by Gasteiger charge is -2.01. The smallest absolute Gasteiger partial charge is 0.227 e. The Kier molecular flexibility index (Phi) is 21.1. The maximum atomic E-state index is 6.02. The molecule has 10 heterocycles. The van der Waals surface area contributed by atoms with Crippen LogP contribution >= 0.6 is 22.7 Å². The molecule has 25 rings (SSSR count). The van der Waals surface area contributed by atoms with Crippen molar-refractivity contribution in [3.63, 3.8) is 0 Å². The first-order valence-corrected chi connectivity index (χ1v) is 44.5. The molecule has 0 saturated carbocycles. The van der Waals surface area contributed by atoms with Crippen molar-refractivity contribution >= 4 is 132 Å². The number of H-pyrrole nitrogens is 4. The number of oxazole rings is 4. The van der Waals surface area contributed by atoms with E-state index in [0.29, 0.717) is 23.6 Å². The van der Waals surface area contributed by atoms with Crippen molar-refractivity contribution in [3.05, 3.63) is 360 Å². The Hall–Kier alpha value is -16.2. The minimum absolute atomic E-state index is 0.637. The number of nitrogens with one attached hydrogen (secondary N) is 4. The molecule has 0 fully saturated rings. The average Bonchev–Trinajstić information content (AvgIpc) is 1.59. The monoisotopic (exact) mass is 1730 g/mol. The van der Waals surface area contributed by atoms with Crippen molar-refractivity contribution < 1.29 is 17.7 Å². The van der Waals surface area contributed by atoms with Crippen LogP contribution in [0.4, 0.5) is 0 Å². The Morgan fingerprint density at radius 2 is 0.531 bits per heavy atom. The third kappa shape index (κ3) is 17.1. The van der Waals surface area contributed by atoms with E-state index in [4.69, 9.17) is 32.6 Å². The van der Waals surface area contributed by atoms with Gasteiger partial charge in [0, 0.05) is 41.7 Å². The van der Waals surface area contributed by atoms with Gasteiger partial charge in [0.25, 0.3) is 0 Å². The number of aromatic amines is 4. The standard InChI is InChI=1S/2C22H18N4.2C22H16N2O2.C22H16N2S2/c1-13-3-5-15(6-4-13)22-25-19-10-8-17(12-21(19)26-22)16-7-9-18-20(11-16)24-14(2)23-18;1-13-4-3-5-17(10-13)22-25-19-9-7-16(12-21(19)26-22)15-6-8-18-20(11-15)24-14(2)23-18;1-13-3-5-15(6-4-13)22-24-19-10-8-17(12-21(19)26-22)16-7-9-18-20(11-16)25-14(2)23-18;1-13-4-3-5-17(10-13)22-24-19-9-7-16(12-21(19)26-22)15-6-8-18-20(11-15)25-14(2)23-18;1-13-3-5-15(6-4-13)22-24-19-10-8-17(12-21(19)26-22)16-7-9-18-20(11-16)25-14(2)23-18/h2*3-12H,1-2H3,(H,23,24)(H,25,26);3*3-12H,1-2H3. The SMILES string of the molecule is Cc1ccc(-c2nc3ccc(-c4ccc5nc(C)[nH]c5c4)cc3[nH]2)cc1.Cc1ccc(-c2nc3ccc(-c4ccc5nc(C)oc5c4)cc3o2)cc1.Cc1ccc(-c2nc3ccc(-c4ccc5nc(C)sc5c4)cc3s2)cc1.Cc1cccc(-c2nc3ccc(-c4ccc5nc(C)[nH]c5c4)cc3[nH]2)c1.Cc1cccc(-c2nc3ccc(-c4ccc5nc(C)oc5c4)cc3o2)c1. The molecular weight excluding hydrogens is 1650 g/mol. The Balaban J connectivity index is 0.0000000983. The zero-order valence-corrected chi connectivity index (χ0v) is 74.4. The van der Waals surface area contributed by atoms with Crippen molar-refractivity contribution in [1.82, 2.24) is 69.8 Å². The van der Waals surface area contributed by atoms with Crippen molar-refractivity contribution in [2.24, 2.45) is 0 Å². The highest BCUT2D eigenvalue weighted by molar-refractivity contribution is 7.21. The maximum absolute atomic E-state index is 6.02. The highest BCUT2D eigenvalue weighted by atomic mass is 32.1. The van der Waals surface area contributed by atoms with Crippen molar-refractivity contribution in [2.45, 2.75) is 69.2 Å². The fourth-order valence-corrected chi connectivity index (χ4v) is 18.2. The van der Waals surface area contributed by atoms with E-state index in [2.05, 4.69) is 309 Å². The predicted octanol–water partition coefficient (Wildman–Crippen LogP) is 29.5. The normalized spacial score (nSPS) is 11.5. The molecule has 20 heteroatoms. The molecular formula is C110H84N14O4S2. The first-order valence-electron chi connectivity index (χ1n) is 42.9. The van der Waals surface area contributed by atoms with Crippen molar-refractivity contribution in [1.29, 1.82) is 0 Å². The molecule has 0 aliphatic rings. The Morgan fingerprint density at radius 3 is 0.977 bits per heavy atom. The summed E-state index contributed by atoms with van der Waals surface area (Å²) in [7, 11) is 0. The van der Waals surface area contributed by atoms with Crippen LogP contribution in [0.5, 0.6) is 0 Å². The van der Waals surface area contributed by atoms with Gasteiger partial charge in [-0.3, -0.25) is 0 Å². The fraction of sp³-hybridized carbons (Fsp3) is 0.0909. The lowest BCUT2D eigenvalue weighted by molar-refractivity contribution is 0.560. The van der Waals surface area contributed by atoms with Gasteiger partial charge in [0.1, 0.15) is 50.4 Å². The first kappa shape index (κ1) is 80.9. The minimum atomic E-state index is 0.637. The van der Waals surface area contributed by atoms with Gasteiger partial charge in [0.2, 0.25) is 11.8 Å². The van der Waals surface area contributed by atoms with Crippen LogP contribution < -0.4 is 0 Å². The molecule has 0 amide bonds. The molecule has 0 aliphatic heterocycles. The van der Waals surface area contributed by atoms with Gasteiger partial charge in [-0.2, -0.15) is 0 Å². The highest BCUT2D eigenvalue weighted by Gasteiger charge is 2.18. The summed E-state index contributed by atoms with van der Waals surface area (Å²) < 4.78 is 25.8. The number of hydrogen-bond acceptors (Lipinski definition) is 16. The second-order valence-electron chi connectivity index (χ2n) is 32.9. The van der Waals surface area contributed by atoms with Gasteiger partial charge in [0.05, 0.1) is 69.6 Å². The van der Waals surface area contributed by atoms with Gasteiger partial charge in [-0.15, -0.1) is 22.7 Å². The Labute approximate surface area is 754 Å². The number of fused-ring (bicyclic) bond motifs is 10. The summed E-state index contributed by atoms with van der Waals surface area (Å²) in [5, 5.41) is 2.18. The predicted molar refractivity (Wildman–Crippen MR) is 529 cm³/mol. The van der Waals surface area contributed by atoms with E-state index in [0.717, 1.165) is 200 Å². The fourth-order valence-electron chi connectivity index (χ4n) is 16.3. The summed E-state index contributed by atoms with van der Waals surface area (Å²) in [6, 6.07) is 104. The molecule has 10 aromatic heterocycles. The van der Waals surface area contributed by atoms with Crippen LogP contribution in [-0.2, 0) is 0 Å². The molecule has 0 saturated heterocycles. The van der Waals surface area contributed by atoms with E-state index < -0.39 is 0 Å². The van der Waals surface area contributed by atoms with E-state index in [1.54, 1.807) is 22.7 Å². The van der Waals surface area contributed by atoms with Crippen LogP contribution in [0.3, 0.4) is 0 Å². The van der Waals surface area contributed by atoms with Crippen molar-refractivity contribution in [3.8, 4) is 112 Å². The molecule has 0 radical (unpaired) electrons. The van der Waals surface area contributed by atoms with Crippen LogP contribution in [0.2, 0.25) is 0 Å². The van der Waals surface area contributed by atoms with Gasteiger partial charge in [0.15, 0.2) is 34.1 Å². The summed E-state index contributed by atoms with van der Waals surface area (Å²) >= 11 is 3.50. The summed E-state index contributed by atoms with van der Waals surface area (Å²) in [6.07, 6.45) is 0. The van der Waals surface area contributed by atoms with E-state index in [9.17, 15) is 0 Å². The van der Waals surface area contributed by atoms with Crippen LogP contribution in [0, 0.1) is 69.2 Å². The number of imidazole rings is 4. The quantitative estimate of drug-likeness (QED) is 0.0995. The van der Waals surface area contributed by atoms with E-state index in [-0.39, 0.29) is 0 Å². The molecule has 0 bridgehead atoms. The maximum Gasteiger partial charge on any atom is 0.227 e. The highest BCUT2D eigenvalue weighted by Crippen LogP contribution is 2.39. The first-order chi connectivity index (χ1) is 63.3. The number of aryl methyl sites for hydroxylation is 10. The Bertz CT molecular complexity index is 7910. The summed E-state index contributed by atoms with van der Waals surface area (Å²) in [5.74, 6) is 6.29. The van der Waals surface area contributed by atoms with Gasteiger partial charge >= 0.3 is 0 Å². The molecule has 15 aromatic carbocycles. The number of benzene rings is 15. The minimum Gasteiger partial charge on any atom is -0.441 e. The van der Waals surface area contributed by atoms with E-state index >= 15 is 0 Å². The van der Waals surface area contributed by atoms with Crippen LogP contribution in [0.15, 0.2) is 321 Å². The summed E-state index contributed by atoms with van der Waals surface area (Å²) in [5.41, 5.74) is 39.7. The molecule has 0 unspecified atom stereocenters. The summed E-state index contributed by atoms with van der Waals surface area (Å²) in [4.78, 5) is 59.2. The average molecular weight is 1730 g/mol. The van der Waals surface area contributed by atoms with Crippen LogP contribution in [0.1, 0.15) is 56.3 Å². The molecule has 25 aromatic rings. The molecule has 4 N–H and O–H groups in total. The van der Waals surface area contributed by atoms with Gasteiger partial charge in [-0.25, -0.2) is 49.8 Å². The number of aromatic nitrogens is 14. The number of rotatable bonds is 10. The van der Waals surface area contributed by atoms with Gasteiger partial charge in [-0.05, 0) is 263 Å². The van der Waals surface area contributed by atoms with E-state index in [1.165, 1.54) is 53.9 Å². The zero-order chi connectivity index (χ0) is 88.4. The zero-order valence-electron chi connectivity index (χ0n) is 72.8. The lowest BCUT2D eigenvalue weighted by Crippen LogP contribution is -1.81. The molecule has 0 spiro atoms. The number of hydrogen-bond donors (Lipinski definition) is 4. The van der Waals surface area contributed by atoms with Crippen molar-refractivity contribution in [2.75, 3.05) is 0 Å². The third-order valence-corrected chi connectivity index (χ3v) is 25.0. The second kappa shape index (κ2) is 34.0. The third-order valence-electron chi connectivity index (χ3n) is 23.0. The lowest BCUT2D eigenvalue weighted by atomic mass is 10.0. The largest absolute Gasteiger partial charge is 0.441 e. The molecule has 130 heavy (non-hydrogen) atoms. The number of thiazole rings is 2. The van der Waals surface area contributed by atoms with Crippen LogP contribution in [-0.4, -0.2) is 69.8 Å². The van der Waals surface area contributed by atoms with Crippen LogP contribution in [0.25, 0.3) is 221 Å². The molecule has 0 atom stereocenters. The van der Waals surface area contributed by atoms with Gasteiger partial charge < -0.3 is 37.6 Å². The van der Waals surface area contributed by atoms with Gasteiger partial charge in [-0.1, -0.05) is 179 Å². The molecule has 630 valence electrons. The number of nitrogens with zero attached hydrogens (tertiary/aromatic N) is 10. The van der Waals surface area contributed by atoms with E-state index in [1.807, 2.05) is 119 Å². The molecule has 0 aliphatic carbocycles. The summed E-state index contributed by atoms with van der Waals surface area (Å²) in [6.45, 7) is 20.1.